The zero-order valence-electron chi connectivity index (χ0n) is 15.3. The molecule has 0 saturated carbocycles. The van der Waals surface area contributed by atoms with E-state index in [1.807, 2.05) is 41.7 Å². The molecule has 1 aromatic carbocycles. The van der Waals surface area contributed by atoms with E-state index in [1.165, 1.54) is 22.6 Å². The Labute approximate surface area is 160 Å². The summed E-state index contributed by atoms with van der Waals surface area (Å²) in [5.41, 5.74) is 0. The first-order valence-electron chi connectivity index (χ1n) is 9.69. The Bertz CT molecular complexity index is 662. The Kier molecular flexibility index (Phi) is 6.22. The van der Waals surface area contributed by atoms with Gasteiger partial charge in [-0.15, -0.1) is 11.3 Å². The number of hydrogen-bond acceptors (Lipinski definition) is 5. The van der Waals surface area contributed by atoms with Crippen molar-refractivity contribution in [1.82, 2.24) is 9.80 Å². The maximum absolute atomic E-state index is 5.82. The molecule has 2 saturated heterocycles. The molecule has 1 unspecified atom stereocenters. The molecule has 2 aliphatic heterocycles. The van der Waals surface area contributed by atoms with E-state index in [2.05, 4.69) is 21.9 Å². The van der Waals surface area contributed by atoms with Crippen molar-refractivity contribution in [3.63, 3.8) is 0 Å². The number of thiophene rings is 1. The van der Waals surface area contributed by atoms with Gasteiger partial charge in [0.2, 0.25) is 0 Å². The Morgan fingerprint density at radius 2 is 1.81 bits per heavy atom. The van der Waals surface area contributed by atoms with Gasteiger partial charge in [-0.25, -0.2) is 0 Å². The van der Waals surface area contributed by atoms with Crippen molar-refractivity contribution in [2.24, 2.45) is 0 Å². The number of ether oxygens (including phenoxy) is 2. The van der Waals surface area contributed by atoms with Gasteiger partial charge in [-0.3, -0.25) is 9.80 Å². The SMILES string of the molecule is c1ccc(OCCN2CCN(Cc3ccc(C4CCCO4)s3)CC2)cc1. The fourth-order valence-electron chi connectivity index (χ4n) is 3.66. The molecule has 0 radical (unpaired) electrons. The normalized spacial score (nSPS) is 21.9. The number of nitrogens with zero attached hydrogens (tertiary/aromatic N) is 2. The molecule has 4 nitrogen and oxygen atoms in total. The summed E-state index contributed by atoms with van der Waals surface area (Å²) in [5, 5.41) is 0. The predicted octanol–water partition coefficient (Wildman–Crippen LogP) is 3.80. The molecular formula is C21H28N2O2S. The highest BCUT2D eigenvalue weighted by Gasteiger charge is 2.21. The summed E-state index contributed by atoms with van der Waals surface area (Å²) in [7, 11) is 0. The third-order valence-corrected chi connectivity index (χ3v) is 6.36. The first-order chi connectivity index (χ1) is 12.9. The van der Waals surface area contributed by atoms with Crippen LogP contribution in [0.15, 0.2) is 42.5 Å². The maximum atomic E-state index is 5.82. The van der Waals surface area contributed by atoms with E-state index in [0.717, 1.165) is 58.2 Å². The third-order valence-electron chi connectivity index (χ3n) is 5.19. The van der Waals surface area contributed by atoms with Crippen molar-refractivity contribution in [3.05, 3.63) is 52.2 Å². The van der Waals surface area contributed by atoms with Crippen LogP contribution in [0.5, 0.6) is 5.75 Å². The van der Waals surface area contributed by atoms with Crippen LogP contribution in [0.4, 0.5) is 0 Å². The summed E-state index contributed by atoms with van der Waals surface area (Å²) < 4.78 is 11.6. The van der Waals surface area contributed by atoms with Crippen molar-refractivity contribution in [1.29, 1.82) is 0 Å². The second kappa shape index (κ2) is 9.00. The van der Waals surface area contributed by atoms with E-state index < -0.39 is 0 Å². The van der Waals surface area contributed by atoms with E-state index in [9.17, 15) is 0 Å². The smallest absolute Gasteiger partial charge is 0.119 e. The zero-order valence-corrected chi connectivity index (χ0v) is 16.1. The van der Waals surface area contributed by atoms with Gasteiger partial charge in [0.25, 0.3) is 0 Å². The number of para-hydroxylation sites is 1. The standard InChI is InChI=1S/C21H28N2O2S/c1-2-5-18(6-3-1)24-16-14-22-10-12-23(13-11-22)17-19-8-9-21(26-19)20-7-4-15-25-20/h1-3,5-6,8-9,20H,4,7,10-17H2. The van der Waals surface area contributed by atoms with Crippen molar-refractivity contribution in [2.75, 3.05) is 45.9 Å². The highest BCUT2D eigenvalue weighted by atomic mass is 32.1. The van der Waals surface area contributed by atoms with Crippen LogP contribution in [-0.2, 0) is 11.3 Å². The van der Waals surface area contributed by atoms with E-state index in [4.69, 9.17) is 9.47 Å². The summed E-state index contributed by atoms with van der Waals surface area (Å²) in [6.07, 6.45) is 2.74. The average Bonchev–Trinajstić information content (AvgIpc) is 3.36. The second-order valence-corrected chi connectivity index (χ2v) is 8.28. The molecule has 140 valence electrons. The van der Waals surface area contributed by atoms with Gasteiger partial charge in [0, 0.05) is 55.6 Å². The molecule has 3 heterocycles. The quantitative estimate of drug-likeness (QED) is 0.738. The summed E-state index contributed by atoms with van der Waals surface area (Å²) in [6.45, 7) is 8.30. The first kappa shape index (κ1) is 18.0. The molecule has 1 aromatic heterocycles. The molecule has 4 rings (SSSR count). The predicted molar refractivity (Wildman–Crippen MR) is 106 cm³/mol. The third kappa shape index (κ3) is 4.86. The lowest BCUT2D eigenvalue weighted by Crippen LogP contribution is -2.46. The Morgan fingerprint density at radius 1 is 1.00 bits per heavy atom. The summed E-state index contributed by atoms with van der Waals surface area (Å²) >= 11 is 1.94. The number of benzene rings is 1. The van der Waals surface area contributed by atoms with Gasteiger partial charge in [-0.05, 0) is 37.1 Å². The zero-order chi connectivity index (χ0) is 17.6. The molecule has 1 atom stereocenters. The molecular weight excluding hydrogens is 344 g/mol. The lowest BCUT2D eigenvalue weighted by molar-refractivity contribution is 0.113. The van der Waals surface area contributed by atoms with Crippen LogP contribution in [0, 0.1) is 0 Å². The number of piperazine rings is 1. The van der Waals surface area contributed by atoms with E-state index in [1.54, 1.807) is 0 Å². The fraction of sp³-hybridized carbons (Fsp3) is 0.524. The van der Waals surface area contributed by atoms with Crippen molar-refractivity contribution >= 4 is 11.3 Å². The van der Waals surface area contributed by atoms with E-state index >= 15 is 0 Å². The van der Waals surface area contributed by atoms with Gasteiger partial charge < -0.3 is 9.47 Å². The monoisotopic (exact) mass is 372 g/mol. The molecule has 5 heteroatoms. The van der Waals surface area contributed by atoms with Gasteiger partial charge >= 0.3 is 0 Å². The summed E-state index contributed by atoms with van der Waals surface area (Å²) in [6, 6.07) is 14.7. The molecule has 0 aliphatic carbocycles. The van der Waals surface area contributed by atoms with E-state index in [-0.39, 0.29) is 0 Å². The minimum atomic E-state index is 0.357. The highest BCUT2D eigenvalue weighted by molar-refractivity contribution is 7.12. The first-order valence-corrected chi connectivity index (χ1v) is 10.5. The van der Waals surface area contributed by atoms with Gasteiger partial charge in [-0.2, -0.15) is 0 Å². The molecule has 2 aromatic rings. The highest BCUT2D eigenvalue weighted by Crippen LogP contribution is 2.33. The van der Waals surface area contributed by atoms with Crippen LogP contribution in [0.1, 0.15) is 28.7 Å². The van der Waals surface area contributed by atoms with Crippen LogP contribution in [0.2, 0.25) is 0 Å². The maximum Gasteiger partial charge on any atom is 0.119 e. The Morgan fingerprint density at radius 3 is 2.58 bits per heavy atom. The number of rotatable bonds is 7. The van der Waals surface area contributed by atoms with Crippen LogP contribution in [0.3, 0.4) is 0 Å². The van der Waals surface area contributed by atoms with Crippen molar-refractivity contribution in [3.8, 4) is 5.75 Å². The van der Waals surface area contributed by atoms with Crippen molar-refractivity contribution < 1.29 is 9.47 Å². The molecule has 2 aliphatic rings. The number of hydrogen-bond donors (Lipinski definition) is 0. The van der Waals surface area contributed by atoms with Crippen molar-refractivity contribution in [2.45, 2.75) is 25.5 Å². The largest absolute Gasteiger partial charge is 0.492 e. The van der Waals surface area contributed by atoms with Crippen LogP contribution in [0.25, 0.3) is 0 Å². The minimum Gasteiger partial charge on any atom is -0.492 e. The summed E-state index contributed by atoms with van der Waals surface area (Å²) in [5.74, 6) is 0.964. The Hall–Kier alpha value is -1.40. The van der Waals surface area contributed by atoms with Gasteiger partial charge in [0.05, 0.1) is 6.10 Å². The molecule has 26 heavy (non-hydrogen) atoms. The molecule has 0 amide bonds. The van der Waals surface area contributed by atoms with Gasteiger partial charge in [0.1, 0.15) is 12.4 Å². The lowest BCUT2D eigenvalue weighted by Gasteiger charge is -2.34. The fourth-order valence-corrected chi connectivity index (χ4v) is 4.79. The Balaban J connectivity index is 1.17. The molecule has 0 N–H and O–H groups in total. The lowest BCUT2D eigenvalue weighted by atomic mass is 10.2. The molecule has 0 spiro atoms. The van der Waals surface area contributed by atoms with Crippen LogP contribution >= 0.6 is 11.3 Å². The van der Waals surface area contributed by atoms with Crippen LogP contribution < -0.4 is 4.74 Å². The minimum absolute atomic E-state index is 0.357. The molecule has 2 fully saturated rings. The second-order valence-electron chi connectivity index (χ2n) is 7.09. The van der Waals surface area contributed by atoms with Gasteiger partial charge in [-0.1, -0.05) is 18.2 Å². The molecule has 0 bridgehead atoms. The topological polar surface area (TPSA) is 24.9 Å². The average molecular weight is 373 g/mol. The summed E-state index contributed by atoms with van der Waals surface area (Å²) in [4.78, 5) is 7.95. The van der Waals surface area contributed by atoms with E-state index in [0.29, 0.717) is 6.10 Å². The van der Waals surface area contributed by atoms with Gasteiger partial charge in [0.15, 0.2) is 0 Å². The van der Waals surface area contributed by atoms with Crippen LogP contribution in [-0.4, -0.2) is 55.7 Å².